The summed E-state index contributed by atoms with van der Waals surface area (Å²) in [5, 5.41) is 0.231. The van der Waals surface area contributed by atoms with Gasteiger partial charge < -0.3 is 0 Å². The Balaban J connectivity index is 3.33. The lowest BCUT2D eigenvalue weighted by atomic mass is 10.4. The van der Waals surface area contributed by atoms with Gasteiger partial charge in [0.2, 0.25) is 0 Å². The minimum atomic E-state index is -3.21. The standard InChI is InChI=1S/C8H9ClO2S2/c1-2-13(10,11)8-4-3-6(12)5-7(8)9/h3-5,12H,2H2,1H3. The monoisotopic (exact) mass is 236 g/mol. The van der Waals surface area contributed by atoms with E-state index in [0.29, 0.717) is 4.90 Å². The number of rotatable bonds is 2. The van der Waals surface area contributed by atoms with Crippen molar-refractivity contribution in [2.24, 2.45) is 0 Å². The number of sulfone groups is 1. The van der Waals surface area contributed by atoms with Gasteiger partial charge in [0.1, 0.15) is 0 Å². The Morgan fingerprint density at radius 1 is 1.46 bits per heavy atom. The van der Waals surface area contributed by atoms with E-state index in [1.165, 1.54) is 12.1 Å². The summed E-state index contributed by atoms with van der Waals surface area (Å²) in [5.41, 5.74) is 0. The largest absolute Gasteiger partial charge is 0.224 e. The second kappa shape index (κ2) is 3.90. The molecule has 0 atom stereocenters. The van der Waals surface area contributed by atoms with Gasteiger partial charge in [0.05, 0.1) is 15.7 Å². The van der Waals surface area contributed by atoms with E-state index in [-0.39, 0.29) is 15.7 Å². The normalized spacial score (nSPS) is 11.6. The SMILES string of the molecule is CCS(=O)(=O)c1ccc(S)cc1Cl. The third-order valence-electron chi connectivity index (χ3n) is 1.63. The van der Waals surface area contributed by atoms with E-state index < -0.39 is 9.84 Å². The Bertz CT molecular complexity index is 412. The second-order valence-corrected chi connectivity index (χ2v) is 5.69. The fourth-order valence-corrected chi connectivity index (χ4v) is 2.65. The third-order valence-corrected chi connectivity index (χ3v) is 4.12. The molecule has 0 radical (unpaired) electrons. The first kappa shape index (κ1) is 10.9. The molecule has 2 nitrogen and oxygen atoms in total. The fourth-order valence-electron chi connectivity index (χ4n) is 0.897. The van der Waals surface area contributed by atoms with Crippen LogP contribution in [0.15, 0.2) is 28.0 Å². The lowest BCUT2D eigenvalue weighted by molar-refractivity contribution is 0.597. The molecule has 0 fully saturated rings. The first-order chi connectivity index (χ1) is 5.97. The van der Waals surface area contributed by atoms with Gasteiger partial charge in [-0.2, -0.15) is 0 Å². The van der Waals surface area contributed by atoms with Gasteiger partial charge in [-0.1, -0.05) is 18.5 Å². The summed E-state index contributed by atoms with van der Waals surface area (Å²) in [4.78, 5) is 0.828. The van der Waals surface area contributed by atoms with Gasteiger partial charge in [0, 0.05) is 4.90 Å². The van der Waals surface area contributed by atoms with Crippen molar-refractivity contribution in [1.29, 1.82) is 0 Å². The minimum absolute atomic E-state index is 0.0542. The molecule has 0 bridgehead atoms. The maximum atomic E-state index is 11.4. The Labute approximate surface area is 88.2 Å². The van der Waals surface area contributed by atoms with Crippen molar-refractivity contribution in [3.05, 3.63) is 23.2 Å². The molecule has 0 spiro atoms. The minimum Gasteiger partial charge on any atom is -0.224 e. The average molecular weight is 237 g/mol. The predicted molar refractivity (Wildman–Crippen MR) is 56.4 cm³/mol. The van der Waals surface area contributed by atoms with E-state index in [2.05, 4.69) is 12.6 Å². The summed E-state index contributed by atoms with van der Waals surface area (Å²) in [7, 11) is -3.21. The molecular formula is C8H9ClO2S2. The quantitative estimate of drug-likeness (QED) is 0.801. The van der Waals surface area contributed by atoms with Crippen LogP contribution in [-0.4, -0.2) is 14.2 Å². The molecule has 13 heavy (non-hydrogen) atoms. The van der Waals surface area contributed by atoms with Crippen LogP contribution in [0.2, 0.25) is 5.02 Å². The molecule has 1 rings (SSSR count). The number of halogens is 1. The Kier molecular flexibility index (Phi) is 3.27. The number of hydrogen-bond acceptors (Lipinski definition) is 3. The lowest BCUT2D eigenvalue weighted by Gasteiger charge is -2.03. The van der Waals surface area contributed by atoms with Crippen molar-refractivity contribution in [3.8, 4) is 0 Å². The zero-order valence-electron chi connectivity index (χ0n) is 6.99. The molecule has 0 amide bonds. The first-order valence-corrected chi connectivity index (χ1v) is 6.16. The van der Waals surface area contributed by atoms with Crippen LogP contribution in [0.25, 0.3) is 0 Å². The summed E-state index contributed by atoms with van der Waals surface area (Å²) < 4.78 is 22.8. The molecule has 5 heteroatoms. The number of thiol groups is 1. The van der Waals surface area contributed by atoms with Gasteiger partial charge in [-0.3, -0.25) is 0 Å². The number of hydrogen-bond donors (Lipinski definition) is 1. The second-order valence-electron chi connectivity index (χ2n) is 2.52. The topological polar surface area (TPSA) is 34.1 Å². The van der Waals surface area contributed by atoms with E-state index in [1.807, 2.05) is 0 Å². The van der Waals surface area contributed by atoms with Crippen molar-refractivity contribution in [1.82, 2.24) is 0 Å². The van der Waals surface area contributed by atoms with Crippen LogP contribution in [0.3, 0.4) is 0 Å². The zero-order valence-corrected chi connectivity index (χ0v) is 9.46. The summed E-state index contributed by atoms with van der Waals surface area (Å²) in [6.07, 6.45) is 0. The molecule has 0 unspecified atom stereocenters. The van der Waals surface area contributed by atoms with Crippen LogP contribution in [0.1, 0.15) is 6.92 Å². The highest BCUT2D eigenvalue weighted by atomic mass is 35.5. The van der Waals surface area contributed by atoms with Crippen LogP contribution in [0, 0.1) is 0 Å². The van der Waals surface area contributed by atoms with Crippen LogP contribution in [0.5, 0.6) is 0 Å². The van der Waals surface area contributed by atoms with Crippen LogP contribution in [-0.2, 0) is 9.84 Å². The van der Waals surface area contributed by atoms with Crippen molar-refractivity contribution < 1.29 is 8.42 Å². The summed E-state index contributed by atoms with van der Waals surface area (Å²) in [6.45, 7) is 1.58. The molecule has 0 N–H and O–H groups in total. The van der Waals surface area contributed by atoms with Crippen LogP contribution < -0.4 is 0 Å². The van der Waals surface area contributed by atoms with E-state index >= 15 is 0 Å². The van der Waals surface area contributed by atoms with E-state index in [9.17, 15) is 8.42 Å². The molecular weight excluding hydrogens is 228 g/mol. The van der Waals surface area contributed by atoms with Gasteiger partial charge in [-0.05, 0) is 18.2 Å². The highest BCUT2D eigenvalue weighted by Crippen LogP contribution is 2.24. The molecule has 1 aromatic carbocycles. The van der Waals surface area contributed by atoms with Gasteiger partial charge in [0.25, 0.3) is 0 Å². The maximum Gasteiger partial charge on any atom is 0.179 e. The Morgan fingerprint density at radius 3 is 2.54 bits per heavy atom. The highest BCUT2D eigenvalue weighted by Gasteiger charge is 2.15. The summed E-state index contributed by atoms with van der Waals surface area (Å²) in [5.74, 6) is 0.0542. The van der Waals surface area contributed by atoms with Crippen LogP contribution in [0.4, 0.5) is 0 Å². The highest BCUT2D eigenvalue weighted by molar-refractivity contribution is 7.91. The molecule has 0 aliphatic carbocycles. The van der Waals surface area contributed by atoms with Crippen molar-refractivity contribution in [2.75, 3.05) is 5.75 Å². The number of benzene rings is 1. The first-order valence-electron chi connectivity index (χ1n) is 3.68. The average Bonchev–Trinajstić information content (AvgIpc) is 2.03. The molecule has 0 saturated heterocycles. The fraction of sp³-hybridized carbons (Fsp3) is 0.250. The van der Waals surface area contributed by atoms with Gasteiger partial charge in [-0.25, -0.2) is 8.42 Å². The molecule has 1 aromatic rings. The van der Waals surface area contributed by atoms with Crippen molar-refractivity contribution in [2.45, 2.75) is 16.7 Å². The van der Waals surface area contributed by atoms with Crippen molar-refractivity contribution in [3.63, 3.8) is 0 Å². The molecule has 0 aliphatic heterocycles. The zero-order chi connectivity index (χ0) is 10.1. The summed E-state index contributed by atoms with van der Waals surface area (Å²) >= 11 is 9.81. The van der Waals surface area contributed by atoms with Crippen LogP contribution >= 0.6 is 24.2 Å². The van der Waals surface area contributed by atoms with Gasteiger partial charge >= 0.3 is 0 Å². The molecule has 0 saturated carbocycles. The van der Waals surface area contributed by atoms with Gasteiger partial charge in [-0.15, -0.1) is 12.6 Å². The lowest BCUT2D eigenvalue weighted by Crippen LogP contribution is -2.04. The molecule has 0 heterocycles. The van der Waals surface area contributed by atoms with Crippen molar-refractivity contribution >= 4 is 34.1 Å². The van der Waals surface area contributed by atoms with E-state index in [4.69, 9.17) is 11.6 Å². The van der Waals surface area contributed by atoms with E-state index in [1.54, 1.807) is 13.0 Å². The third kappa shape index (κ3) is 2.39. The Hall–Kier alpha value is -0.190. The van der Waals surface area contributed by atoms with E-state index in [0.717, 1.165) is 0 Å². The summed E-state index contributed by atoms with van der Waals surface area (Å²) in [6, 6.07) is 4.61. The maximum absolute atomic E-state index is 11.4. The van der Waals surface area contributed by atoms with Gasteiger partial charge in [0.15, 0.2) is 9.84 Å². The molecule has 72 valence electrons. The smallest absolute Gasteiger partial charge is 0.179 e. The predicted octanol–water partition coefficient (Wildman–Crippen LogP) is 2.42. The molecule has 0 aliphatic rings. The Morgan fingerprint density at radius 2 is 2.08 bits per heavy atom. The molecule has 0 aromatic heterocycles.